The third-order valence-corrected chi connectivity index (χ3v) is 16.0. The molecule has 3 N–H and O–H groups in total. The normalized spacial score (nSPS) is 12.6. The van der Waals surface area contributed by atoms with Gasteiger partial charge in [0.2, 0.25) is 5.91 Å². The van der Waals surface area contributed by atoms with Gasteiger partial charge in [0.05, 0.1) is 25.4 Å². The van der Waals surface area contributed by atoms with Crippen LogP contribution >= 0.6 is 0 Å². The third-order valence-electron chi connectivity index (χ3n) is 16.0. The molecule has 0 heterocycles. The summed E-state index contributed by atoms with van der Waals surface area (Å²) in [6.07, 6.45) is 81.0. The lowest BCUT2D eigenvalue weighted by molar-refractivity contribution is -0.143. The number of hydrogen-bond acceptors (Lipinski definition) is 5. The van der Waals surface area contributed by atoms with E-state index in [0.29, 0.717) is 19.4 Å². The van der Waals surface area contributed by atoms with Gasteiger partial charge >= 0.3 is 5.97 Å². The number of rotatable bonds is 64. The first-order valence-corrected chi connectivity index (χ1v) is 34.1. The van der Waals surface area contributed by atoms with Crippen molar-refractivity contribution in [2.24, 2.45) is 0 Å². The fourth-order valence-corrected chi connectivity index (χ4v) is 10.7. The second-order valence-corrected chi connectivity index (χ2v) is 23.5. The number of unbranched alkanes of at least 4 members (excludes halogenated alkanes) is 51. The van der Waals surface area contributed by atoms with E-state index in [4.69, 9.17) is 4.74 Å². The quantitative estimate of drug-likeness (QED) is 0.0320. The Morgan fingerprint density at radius 3 is 0.947 bits per heavy atom. The minimum Gasteiger partial charge on any atom is -0.466 e. The molecule has 2 atom stereocenters. The number of carbonyl (C=O) groups is 2. The average molecular weight is 1060 g/mol. The molecule has 0 spiro atoms. The Balaban J connectivity index is 3.36. The number of aliphatic hydroxyl groups excluding tert-OH is 2. The summed E-state index contributed by atoms with van der Waals surface area (Å²) >= 11 is 0. The molecule has 0 aromatic rings. The van der Waals surface area contributed by atoms with Gasteiger partial charge in [-0.05, 0) is 57.8 Å². The number of ether oxygens (including phenoxy) is 1. The first-order valence-electron chi connectivity index (χ1n) is 34.1. The van der Waals surface area contributed by atoms with E-state index in [9.17, 15) is 19.8 Å². The van der Waals surface area contributed by atoms with Crippen LogP contribution in [0.4, 0.5) is 0 Å². The van der Waals surface area contributed by atoms with Crippen molar-refractivity contribution in [2.45, 2.75) is 392 Å². The van der Waals surface area contributed by atoms with Gasteiger partial charge in [-0.1, -0.05) is 334 Å². The maximum atomic E-state index is 12.5. The van der Waals surface area contributed by atoms with Crippen LogP contribution in [0.15, 0.2) is 24.3 Å². The highest BCUT2D eigenvalue weighted by Crippen LogP contribution is 2.18. The Kier molecular flexibility index (Phi) is 63.4. The van der Waals surface area contributed by atoms with Crippen LogP contribution in [0, 0.1) is 0 Å². The SMILES string of the molecule is CCCCCCCC/C=C\CCCCCCCCCCCC(=O)OCCCCCCCCCCCCCCCCCCCCCCCCCCC(=O)NC(CO)C(O)/C=C/CCCCCCCCCCCCCCC. The van der Waals surface area contributed by atoms with Gasteiger partial charge in [0.1, 0.15) is 0 Å². The van der Waals surface area contributed by atoms with E-state index < -0.39 is 12.1 Å². The number of aliphatic hydroxyl groups is 2. The minimum absolute atomic E-state index is 0.0152. The van der Waals surface area contributed by atoms with E-state index >= 15 is 0 Å². The van der Waals surface area contributed by atoms with Crippen LogP contribution in [0.5, 0.6) is 0 Å². The van der Waals surface area contributed by atoms with Gasteiger partial charge in [-0.25, -0.2) is 0 Å². The maximum absolute atomic E-state index is 12.5. The number of carbonyl (C=O) groups excluding carboxylic acids is 2. The molecule has 0 saturated heterocycles. The zero-order chi connectivity index (χ0) is 54.3. The Morgan fingerprint density at radius 1 is 0.360 bits per heavy atom. The van der Waals surface area contributed by atoms with Crippen LogP contribution in [-0.4, -0.2) is 47.4 Å². The molecule has 0 saturated carbocycles. The highest BCUT2D eigenvalue weighted by atomic mass is 16.5. The van der Waals surface area contributed by atoms with Crippen LogP contribution in [0.1, 0.15) is 380 Å². The van der Waals surface area contributed by atoms with Gasteiger partial charge in [-0.15, -0.1) is 0 Å². The van der Waals surface area contributed by atoms with E-state index in [2.05, 4.69) is 31.3 Å². The smallest absolute Gasteiger partial charge is 0.305 e. The number of hydrogen-bond donors (Lipinski definition) is 3. The zero-order valence-electron chi connectivity index (χ0n) is 50.8. The van der Waals surface area contributed by atoms with Crippen LogP contribution < -0.4 is 5.32 Å². The molecule has 0 bridgehead atoms. The zero-order valence-corrected chi connectivity index (χ0v) is 50.8. The summed E-state index contributed by atoms with van der Waals surface area (Å²) in [7, 11) is 0. The molecule has 0 aliphatic heterocycles. The summed E-state index contributed by atoms with van der Waals surface area (Å²) in [5, 5.41) is 23.2. The summed E-state index contributed by atoms with van der Waals surface area (Å²) in [5.74, 6) is -0.0493. The Hall–Kier alpha value is -1.66. The number of amides is 1. The number of allylic oxidation sites excluding steroid dienone is 3. The predicted molar refractivity (Wildman–Crippen MR) is 329 cm³/mol. The molecule has 0 aliphatic carbocycles. The average Bonchev–Trinajstić information content (AvgIpc) is 3.41. The van der Waals surface area contributed by atoms with Gasteiger partial charge in [0, 0.05) is 12.8 Å². The third kappa shape index (κ3) is 61.4. The molecule has 0 rings (SSSR count). The monoisotopic (exact) mass is 1060 g/mol. The van der Waals surface area contributed by atoms with Gasteiger partial charge in [0.15, 0.2) is 0 Å². The molecule has 75 heavy (non-hydrogen) atoms. The highest BCUT2D eigenvalue weighted by molar-refractivity contribution is 5.76. The summed E-state index contributed by atoms with van der Waals surface area (Å²) in [6.45, 7) is 4.93. The summed E-state index contributed by atoms with van der Waals surface area (Å²) in [6, 6.07) is -0.626. The summed E-state index contributed by atoms with van der Waals surface area (Å²) < 4.78 is 5.51. The fraction of sp³-hybridized carbons (Fsp3) is 0.913. The van der Waals surface area contributed by atoms with E-state index in [-0.39, 0.29) is 18.5 Å². The molecule has 6 heteroatoms. The van der Waals surface area contributed by atoms with Crippen LogP contribution in [0.25, 0.3) is 0 Å². The van der Waals surface area contributed by atoms with E-state index in [1.807, 2.05) is 6.08 Å². The van der Waals surface area contributed by atoms with Crippen LogP contribution in [0.2, 0.25) is 0 Å². The van der Waals surface area contributed by atoms with Crippen LogP contribution in [-0.2, 0) is 14.3 Å². The lowest BCUT2D eigenvalue weighted by Gasteiger charge is -2.20. The molecule has 0 aliphatic rings. The van der Waals surface area contributed by atoms with Crippen molar-refractivity contribution in [1.29, 1.82) is 0 Å². The molecule has 2 unspecified atom stereocenters. The molecule has 0 aromatic heterocycles. The maximum Gasteiger partial charge on any atom is 0.305 e. The second kappa shape index (κ2) is 64.9. The standard InChI is InChI=1S/C69H133NO5/c1-3-5-7-9-11-13-15-17-19-20-27-31-35-39-43-47-51-55-59-63-69(74)75-64-60-56-52-48-44-40-36-32-29-26-24-22-21-23-25-28-30-34-38-42-46-50-54-58-62-68(73)70-66(65-71)67(72)61-57-53-49-45-41-37-33-18-16-14-12-10-8-6-4-2/h17,19,57,61,66-67,71-72H,3-16,18,20-56,58-60,62-65H2,1-2H3,(H,70,73)/b19-17-,61-57+. The van der Waals surface area contributed by atoms with Gasteiger partial charge in [-0.2, -0.15) is 0 Å². The van der Waals surface area contributed by atoms with Crippen LogP contribution in [0.3, 0.4) is 0 Å². The molecule has 0 radical (unpaired) electrons. The molecular formula is C69H133NO5. The lowest BCUT2D eigenvalue weighted by Crippen LogP contribution is -2.45. The van der Waals surface area contributed by atoms with Crippen molar-refractivity contribution in [3.8, 4) is 0 Å². The number of nitrogens with one attached hydrogen (secondary N) is 1. The minimum atomic E-state index is -0.843. The Labute approximate surface area is 469 Å². The first kappa shape index (κ1) is 73.3. The molecule has 1 amide bonds. The van der Waals surface area contributed by atoms with Crippen molar-refractivity contribution in [2.75, 3.05) is 13.2 Å². The van der Waals surface area contributed by atoms with Gasteiger partial charge < -0.3 is 20.3 Å². The fourth-order valence-electron chi connectivity index (χ4n) is 10.7. The summed E-state index contributed by atoms with van der Waals surface area (Å²) in [5.41, 5.74) is 0. The van der Waals surface area contributed by atoms with Gasteiger partial charge in [-0.3, -0.25) is 9.59 Å². The Morgan fingerprint density at radius 2 is 0.627 bits per heavy atom. The van der Waals surface area contributed by atoms with Crippen molar-refractivity contribution in [3.63, 3.8) is 0 Å². The van der Waals surface area contributed by atoms with Gasteiger partial charge in [0.25, 0.3) is 0 Å². The van der Waals surface area contributed by atoms with Crippen molar-refractivity contribution < 1.29 is 24.5 Å². The highest BCUT2D eigenvalue weighted by Gasteiger charge is 2.18. The second-order valence-electron chi connectivity index (χ2n) is 23.5. The topological polar surface area (TPSA) is 95.9 Å². The molecule has 0 fully saturated rings. The molecular weight excluding hydrogens is 923 g/mol. The summed E-state index contributed by atoms with van der Waals surface area (Å²) in [4.78, 5) is 24.6. The van der Waals surface area contributed by atoms with E-state index in [1.54, 1.807) is 6.08 Å². The molecule has 0 aromatic carbocycles. The van der Waals surface area contributed by atoms with E-state index in [1.165, 1.54) is 315 Å². The number of esters is 1. The van der Waals surface area contributed by atoms with Crippen molar-refractivity contribution >= 4 is 11.9 Å². The largest absolute Gasteiger partial charge is 0.466 e. The molecule has 6 nitrogen and oxygen atoms in total. The first-order chi connectivity index (χ1) is 37.0. The van der Waals surface area contributed by atoms with Crippen molar-refractivity contribution in [1.82, 2.24) is 5.32 Å². The Bertz CT molecular complexity index is 1170. The molecule has 444 valence electrons. The lowest BCUT2D eigenvalue weighted by atomic mass is 10.0. The predicted octanol–water partition coefficient (Wildman–Crippen LogP) is 21.8. The van der Waals surface area contributed by atoms with Crippen molar-refractivity contribution in [3.05, 3.63) is 24.3 Å². The van der Waals surface area contributed by atoms with E-state index in [0.717, 1.165) is 38.5 Å².